The smallest absolute Gasteiger partial charge is 0.323 e. The monoisotopic (exact) mass is 456 g/mol. The molecule has 2 fully saturated rings. The van der Waals surface area contributed by atoms with Gasteiger partial charge in [0.15, 0.2) is 0 Å². The number of carbonyl (C=O) groups excluding carboxylic acids is 3. The average molecular weight is 457 g/mol. The number of amides is 4. The van der Waals surface area contributed by atoms with Crippen LogP contribution in [0.5, 0.6) is 0 Å². The first-order chi connectivity index (χ1) is 15.1. The normalized spacial score (nSPS) is 23.2. The number of hydrogen-bond donors (Lipinski definition) is 1. The van der Waals surface area contributed by atoms with Gasteiger partial charge in [-0.1, -0.05) is 37.8 Å². The number of rotatable bonds is 4. The molecule has 1 atom stereocenters. The first-order valence-corrected chi connectivity index (χ1v) is 12.4. The number of hydrazone groups is 1. The molecule has 2 aliphatic heterocycles. The highest BCUT2D eigenvalue weighted by atomic mass is 32.1. The van der Waals surface area contributed by atoms with Crippen molar-refractivity contribution >= 4 is 46.2 Å². The Morgan fingerprint density at radius 2 is 1.84 bits per heavy atom. The third-order valence-corrected chi connectivity index (χ3v) is 8.23. The highest BCUT2D eigenvalue weighted by Crippen LogP contribution is 2.37. The topological polar surface area (TPSA) is 82.1 Å². The lowest BCUT2D eigenvalue weighted by Crippen LogP contribution is -2.47. The zero-order valence-corrected chi connectivity index (χ0v) is 18.7. The molecule has 4 amide bonds. The van der Waals surface area contributed by atoms with Crippen molar-refractivity contribution in [2.24, 2.45) is 5.10 Å². The van der Waals surface area contributed by atoms with Crippen molar-refractivity contribution in [1.29, 1.82) is 0 Å². The van der Waals surface area contributed by atoms with Crippen LogP contribution in [0, 0.1) is 0 Å². The van der Waals surface area contributed by atoms with Crippen LogP contribution in [0.1, 0.15) is 60.7 Å². The summed E-state index contributed by atoms with van der Waals surface area (Å²) in [5, 5.41) is 13.0. The van der Waals surface area contributed by atoms with Crippen LogP contribution in [-0.4, -0.2) is 45.5 Å². The second kappa shape index (κ2) is 8.20. The molecule has 31 heavy (non-hydrogen) atoms. The van der Waals surface area contributed by atoms with Crippen molar-refractivity contribution in [3.63, 3.8) is 0 Å². The van der Waals surface area contributed by atoms with Crippen molar-refractivity contribution in [2.75, 3.05) is 6.54 Å². The number of carbonyl (C=O) groups is 3. The maximum Gasteiger partial charge on any atom is 0.325 e. The largest absolute Gasteiger partial charge is 0.325 e. The zero-order valence-electron chi connectivity index (χ0n) is 17.1. The van der Waals surface area contributed by atoms with Gasteiger partial charge in [0, 0.05) is 11.3 Å². The highest BCUT2D eigenvalue weighted by Gasteiger charge is 2.51. The molecule has 2 aromatic heterocycles. The molecule has 162 valence electrons. The molecule has 1 unspecified atom stereocenters. The molecule has 0 bridgehead atoms. The molecule has 2 aromatic rings. The predicted octanol–water partition coefficient (Wildman–Crippen LogP) is 4.13. The Labute approximate surface area is 188 Å². The molecule has 1 saturated heterocycles. The molecule has 7 nitrogen and oxygen atoms in total. The lowest BCUT2D eigenvalue weighted by molar-refractivity contribution is -0.140. The van der Waals surface area contributed by atoms with E-state index in [0.29, 0.717) is 19.3 Å². The predicted molar refractivity (Wildman–Crippen MR) is 120 cm³/mol. The maximum atomic E-state index is 13.3. The van der Waals surface area contributed by atoms with E-state index in [-0.39, 0.29) is 24.4 Å². The van der Waals surface area contributed by atoms with Crippen LogP contribution >= 0.6 is 22.7 Å². The van der Waals surface area contributed by atoms with Crippen molar-refractivity contribution in [1.82, 2.24) is 15.2 Å². The molecule has 1 saturated carbocycles. The summed E-state index contributed by atoms with van der Waals surface area (Å²) in [6.07, 6.45) is 5.87. The summed E-state index contributed by atoms with van der Waals surface area (Å²) in [4.78, 5) is 42.3. The average Bonchev–Trinajstić information content (AvgIpc) is 3.53. The summed E-state index contributed by atoms with van der Waals surface area (Å²) in [6, 6.07) is 7.24. The molecule has 0 radical (unpaired) electrons. The lowest BCUT2D eigenvalue weighted by Gasteiger charge is -2.25. The van der Waals surface area contributed by atoms with Gasteiger partial charge in [-0.05, 0) is 35.7 Å². The van der Waals surface area contributed by atoms with Gasteiger partial charge >= 0.3 is 6.03 Å². The number of urea groups is 1. The van der Waals surface area contributed by atoms with E-state index in [9.17, 15) is 14.4 Å². The number of nitrogens with zero attached hydrogens (tertiary/aromatic N) is 3. The summed E-state index contributed by atoms with van der Waals surface area (Å²) < 4.78 is 0. The molecule has 1 aliphatic carbocycles. The van der Waals surface area contributed by atoms with E-state index in [4.69, 9.17) is 0 Å². The second-order valence-electron chi connectivity index (χ2n) is 8.32. The minimum Gasteiger partial charge on any atom is -0.323 e. The van der Waals surface area contributed by atoms with E-state index in [2.05, 4.69) is 10.4 Å². The van der Waals surface area contributed by atoms with E-state index in [1.807, 2.05) is 35.0 Å². The van der Waals surface area contributed by atoms with E-state index in [1.54, 1.807) is 22.7 Å². The molecule has 9 heteroatoms. The molecule has 5 rings (SSSR count). The standard InChI is InChI=1S/C22H24N4O3S2/c27-19(14-25-20(28)22(23-21(25)29)9-3-1-2-4-10-22)26-16(18-8-6-12-31-18)13-15(24-26)17-7-5-11-30-17/h5-8,11-12,16H,1-4,9-10,13-14H2,(H,23,29). The van der Waals surface area contributed by atoms with Gasteiger partial charge in [-0.15, -0.1) is 22.7 Å². The fourth-order valence-electron chi connectivity index (χ4n) is 4.73. The van der Waals surface area contributed by atoms with Crippen molar-refractivity contribution in [3.05, 3.63) is 44.8 Å². The summed E-state index contributed by atoms with van der Waals surface area (Å²) in [6.45, 7) is -0.282. The quantitative estimate of drug-likeness (QED) is 0.702. The maximum absolute atomic E-state index is 13.3. The van der Waals surface area contributed by atoms with Crippen LogP contribution in [0.15, 0.2) is 40.1 Å². The Kier molecular flexibility index (Phi) is 5.39. The molecular weight excluding hydrogens is 432 g/mol. The molecule has 0 aromatic carbocycles. The van der Waals surface area contributed by atoms with Crippen molar-refractivity contribution in [2.45, 2.75) is 56.5 Å². The van der Waals surface area contributed by atoms with Crippen molar-refractivity contribution < 1.29 is 14.4 Å². The molecule has 1 N–H and O–H groups in total. The van der Waals surface area contributed by atoms with Gasteiger partial charge in [0.05, 0.1) is 16.6 Å². The highest BCUT2D eigenvalue weighted by molar-refractivity contribution is 7.12. The third kappa shape index (κ3) is 3.70. The van der Waals surface area contributed by atoms with Crippen LogP contribution in [-0.2, 0) is 9.59 Å². The van der Waals surface area contributed by atoms with Gasteiger partial charge in [0.25, 0.3) is 11.8 Å². The van der Waals surface area contributed by atoms with Crippen molar-refractivity contribution in [3.8, 4) is 0 Å². The summed E-state index contributed by atoms with van der Waals surface area (Å²) in [7, 11) is 0. The van der Waals surface area contributed by atoms with Crippen LogP contribution in [0.25, 0.3) is 0 Å². The molecule has 4 heterocycles. The van der Waals surface area contributed by atoms with Crippen LogP contribution in [0.3, 0.4) is 0 Å². The van der Waals surface area contributed by atoms with Gasteiger partial charge in [-0.3, -0.25) is 14.5 Å². The van der Waals surface area contributed by atoms with Gasteiger partial charge in [0.1, 0.15) is 12.1 Å². The van der Waals surface area contributed by atoms with Crippen LogP contribution in [0.4, 0.5) is 4.79 Å². The van der Waals surface area contributed by atoms with E-state index in [0.717, 1.165) is 46.0 Å². The van der Waals surface area contributed by atoms with E-state index < -0.39 is 11.6 Å². The van der Waals surface area contributed by atoms with Gasteiger partial charge < -0.3 is 5.32 Å². The van der Waals surface area contributed by atoms with E-state index in [1.165, 1.54) is 5.01 Å². The second-order valence-corrected chi connectivity index (χ2v) is 10.2. The van der Waals surface area contributed by atoms with E-state index >= 15 is 0 Å². The minimum absolute atomic E-state index is 0.211. The lowest BCUT2D eigenvalue weighted by atomic mass is 9.90. The number of nitrogens with one attached hydrogen (secondary N) is 1. The Morgan fingerprint density at radius 3 is 2.52 bits per heavy atom. The fraction of sp³-hybridized carbons (Fsp3) is 0.455. The molecular formula is C22H24N4O3S2. The first kappa shape index (κ1) is 20.4. The minimum atomic E-state index is -0.836. The zero-order chi connectivity index (χ0) is 21.4. The molecule has 3 aliphatic rings. The van der Waals surface area contributed by atoms with Gasteiger partial charge in [0.2, 0.25) is 0 Å². The number of thiophene rings is 2. The SMILES string of the molecule is O=C1NC2(CCCCCC2)C(=O)N1CC(=O)N1N=C(c2cccs2)CC1c1cccs1. The fourth-order valence-corrected chi connectivity index (χ4v) is 6.27. The summed E-state index contributed by atoms with van der Waals surface area (Å²) in [5.41, 5.74) is 0.0245. The Balaban J connectivity index is 1.38. The number of imide groups is 1. The van der Waals surface area contributed by atoms with Gasteiger partial charge in [-0.25, -0.2) is 9.80 Å². The Hall–Kier alpha value is -2.52. The Bertz CT molecular complexity index is 1010. The third-order valence-electron chi connectivity index (χ3n) is 6.34. The molecule has 1 spiro atoms. The first-order valence-electron chi connectivity index (χ1n) is 10.7. The number of hydrogen-bond acceptors (Lipinski definition) is 6. The van der Waals surface area contributed by atoms with Crippen LogP contribution in [0.2, 0.25) is 0 Å². The Morgan fingerprint density at radius 1 is 1.10 bits per heavy atom. The summed E-state index contributed by atoms with van der Waals surface area (Å²) >= 11 is 3.17. The summed E-state index contributed by atoms with van der Waals surface area (Å²) in [5.74, 6) is -0.596. The van der Waals surface area contributed by atoms with Crippen LogP contribution < -0.4 is 5.32 Å². The van der Waals surface area contributed by atoms with Gasteiger partial charge in [-0.2, -0.15) is 5.10 Å².